The van der Waals surface area contributed by atoms with Gasteiger partial charge in [-0.15, -0.1) is 0 Å². The van der Waals surface area contributed by atoms with E-state index >= 15 is 0 Å². The molecule has 2 aromatic rings. The van der Waals surface area contributed by atoms with Gasteiger partial charge in [0, 0.05) is 38.6 Å². The molecule has 0 radical (unpaired) electrons. The maximum atomic E-state index is 13.6. The highest BCUT2D eigenvalue weighted by atomic mass is 19.1. The Morgan fingerprint density at radius 2 is 1.96 bits per heavy atom. The van der Waals surface area contributed by atoms with Gasteiger partial charge in [0.05, 0.1) is 13.1 Å². The SMILES string of the molecule is Cc1ccc(CNC(=O)CN2CCN(Cc3nc(C(C)C)no3)CC2)cc1F. The Bertz CT molecular complexity index is 800. The number of hydrogen-bond acceptors (Lipinski definition) is 6. The average Bonchev–Trinajstić information content (AvgIpc) is 3.13. The van der Waals surface area contributed by atoms with Crippen molar-refractivity contribution >= 4 is 5.91 Å². The molecule has 3 rings (SSSR count). The average molecular weight is 389 g/mol. The molecule has 1 amide bonds. The van der Waals surface area contributed by atoms with Crippen molar-refractivity contribution in [3.63, 3.8) is 0 Å². The molecule has 1 aliphatic rings. The van der Waals surface area contributed by atoms with Gasteiger partial charge >= 0.3 is 0 Å². The van der Waals surface area contributed by atoms with Crippen LogP contribution < -0.4 is 5.32 Å². The lowest BCUT2D eigenvalue weighted by atomic mass is 10.1. The van der Waals surface area contributed by atoms with Crippen molar-refractivity contribution in [3.8, 4) is 0 Å². The number of halogens is 1. The first kappa shape index (κ1) is 20.4. The summed E-state index contributed by atoms with van der Waals surface area (Å²) >= 11 is 0. The van der Waals surface area contributed by atoms with Crippen molar-refractivity contribution in [2.45, 2.75) is 39.8 Å². The molecular weight excluding hydrogens is 361 g/mol. The molecule has 1 aromatic carbocycles. The maximum absolute atomic E-state index is 13.6. The van der Waals surface area contributed by atoms with Gasteiger partial charge in [-0.05, 0) is 24.1 Å². The first-order valence-corrected chi connectivity index (χ1v) is 9.69. The lowest BCUT2D eigenvalue weighted by Gasteiger charge is -2.33. The second-order valence-corrected chi connectivity index (χ2v) is 7.61. The molecule has 1 saturated heterocycles. The zero-order valence-electron chi connectivity index (χ0n) is 16.7. The van der Waals surface area contributed by atoms with E-state index in [1.807, 2.05) is 19.9 Å². The molecule has 0 saturated carbocycles. The maximum Gasteiger partial charge on any atom is 0.240 e. The molecule has 1 N–H and O–H groups in total. The van der Waals surface area contributed by atoms with Crippen LogP contribution >= 0.6 is 0 Å². The Morgan fingerprint density at radius 3 is 2.61 bits per heavy atom. The summed E-state index contributed by atoms with van der Waals surface area (Å²) in [6, 6.07) is 5.03. The van der Waals surface area contributed by atoms with Gasteiger partial charge in [-0.2, -0.15) is 4.98 Å². The molecule has 8 heteroatoms. The molecule has 0 atom stereocenters. The molecule has 2 heterocycles. The topological polar surface area (TPSA) is 74.5 Å². The van der Waals surface area contributed by atoms with E-state index < -0.39 is 0 Å². The number of hydrogen-bond donors (Lipinski definition) is 1. The molecule has 1 fully saturated rings. The third-order valence-electron chi connectivity index (χ3n) is 4.92. The number of carbonyl (C=O) groups is 1. The smallest absolute Gasteiger partial charge is 0.240 e. The number of carbonyl (C=O) groups excluding carboxylic acids is 1. The molecule has 0 bridgehead atoms. The van der Waals surface area contributed by atoms with Gasteiger partial charge in [-0.25, -0.2) is 4.39 Å². The highest BCUT2D eigenvalue weighted by molar-refractivity contribution is 5.78. The molecule has 28 heavy (non-hydrogen) atoms. The quantitative estimate of drug-likeness (QED) is 0.782. The molecule has 1 aromatic heterocycles. The van der Waals surface area contributed by atoms with E-state index in [2.05, 4.69) is 25.3 Å². The summed E-state index contributed by atoms with van der Waals surface area (Å²) in [6.45, 7) is 10.4. The van der Waals surface area contributed by atoms with Crippen molar-refractivity contribution < 1.29 is 13.7 Å². The zero-order chi connectivity index (χ0) is 20.1. The van der Waals surface area contributed by atoms with Crippen LogP contribution in [0.15, 0.2) is 22.7 Å². The number of nitrogens with zero attached hydrogens (tertiary/aromatic N) is 4. The normalized spacial score (nSPS) is 15.9. The van der Waals surface area contributed by atoms with Crippen LogP contribution in [0.3, 0.4) is 0 Å². The monoisotopic (exact) mass is 389 g/mol. The van der Waals surface area contributed by atoms with Crippen LogP contribution in [-0.4, -0.2) is 58.6 Å². The van der Waals surface area contributed by atoms with Crippen molar-refractivity contribution in [1.82, 2.24) is 25.3 Å². The third-order valence-corrected chi connectivity index (χ3v) is 4.92. The predicted octanol–water partition coefficient (Wildman–Crippen LogP) is 2.07. The fourth-order valence-corrected chi connectivity index (χ4v) is 3.07. The van der Waals surface area contributed by atoms with Gasteiger partial charge in [0.15, 0.2) is 5.82 Å². The fourth-order valence-electron chi connectivity index (χ4n) is 3.07. The summed E-state index contributed by atoms with van der Waals surface area (Å²) < 4.78 is 18.9. The Hall–Kier alpha value is -2.32. The molecule has 7 nitrogen and oxygen atoms in total. The Morgan fingerprint density at radius 1 is 1.25 bits per heavy atom. The Labute approximate surface area is 164 Å². The molecule has 152 valence electrons. The van der Waals surface area contributed by atoms with Gasteiger partial charge < -0.3 is 9.84 Å². The summed E-state index contributed by atoms with van der Waals surface area (Å²) in [5.74, 6) is 1.33. The molecule has 0 aliphatic carbocycles. The van der Waals surface area contributed by atoms with E-state index in [1.165, 1.54) is 6.07 Å². The first-order chi connectivity index (χ1) is 13.4. The van der Waals surface area contributed by atoms with E-state index in [-0.39, 0.29) is 17.6 Å². The van der Waals surface area contributed by atoms with Crippen molar-refractivity contribution in [3.05, 3.63) is 46.9 Å². The second kappa shape index (κ2) is 9.25. The van der Waals surface area contributed by atoms with Gasteiger partial charge in [0.25, 0.3) is 0 Å². The van der Waals surface area contributed by atoms with E-state index in [1.54, 1.807) is 13.0 Å². The van der Waals surface area contributed by atoms with Crippen LogP contribution in [0.5, 0.6) is 0 Å². The molecule has 1 aliphatic heterocycles. The largest absolute Gasteiger partial charge is 0.351 e. The van der Waals surface area contributed by atoms with Gasteiger partial charge in [0.2, 0.25) is 11.8 Å². The molecule has 0 unspecified atom stereocenters. The van der Waals surface area contributed by atoms with Crippen LogP contribution in [0.4, 0.5) is 4.39 Å². The highest BCUT2D eigenvalue weighted by Gasteiger charge is 2.21. The zero-order valence-corrected chi connectivity index (χ0v) is 16.7. The number of piperazine rings is 1. The lowest BCUT2D eigenvalue weighted by molar-refractivity contribution is -0.122. The van der Waals surface area contributed by atoms with Crippen LogP contribution in [0.25, 0.3) is 0 Å². The van der Waals surface area contributed by atoms with Crippen molar-refractivity contribution in [2.75, 3.05) is 32.7 Å². The lowest BCUT2D eigenvalue weighted by Crippen LogP contribution is -2.49. The highest BCUT2D eigenvalue weighted by Crippen LogP contribution is 2.12. The van der Waals surface area contributed by atoms with Crippen LogP contribution in [-0.2, 0) is 17.9 Å². The minimum Gasteiger partial charge on any atom is -0.351 e. The summed E-state index contributed by atoms with van der Waals surface area (Å²) in [7, 11) is 0. The second-order valence-electron chi connectivity index (χ2n) is 7.61. The first-order valence-electron chi connectivity index (χ1n) is 9.69. The van der Waals surface area contributed by atoms with Gasteiger partial charge in [0.1, 0.15) is 5.82 Å². The minimum absolute atomic E-state index is 0.0482. The standard InChI is InChI=1S/C20H28FN5O2/c1-14(2)20-23-19(28-24-20)13-26-8-6-25(7-9-26)12-18(27)22-11-16-5-4-15(3)17(21)10-16/h4-5,10,14H,6-9,11-13H2,1-3H3,(H,22,27). The minimum atomic E-state index is -0.246. The van der Waals surface area contributed by atoms with E-state index in [4.69, 9.17) is 4.52 Å². The molecular formula is C20H28FN5O2. The summed E-state index contributed by atoms with van der Waals surface area (Å²) in [5, 5.41) is 6.85. The number of nitrogens with one attached hydrogen (secondary N) is 1. The summed E-state index contributed by atoms with van der Waals surface area (Å²) in [5.41, 5.74) is 1.37. The number of aromatic nitrogens is 2. The van der Waals surface area contributed by atoms with E-state index in [0.717, 1.165) is 37.6 Å². The summed E-state index contributed by atoms with van der Waals surface area (Å²) in [4.78, 5) is 21.0. The predicted molar refractivity (Wildman–Crippen MR) is 103 cm³/mol. The molecule has 0 spiro atoms. The fraction of sp³-hybridized carbons (Fsp3) is 0.550. The summed E-state index contributed by atoms with van der Waals surface area (Å²) in [6.07, 6.45) is 0. The van der Waals surface area contributed by atoms with Crippen molar-refractivity contribution in [1.29, 1.82) is 0 Å². The van der Waals surface area contributed by atoms with Crippen LogP contribution in [0.2, 0.25) is 0 Å². The van der Waals surface area contributed by atoms with E-state index in [9.17, 15) is 9.18 Å². The Kier molecular flexibility index (Phi) is 6.74. The van der Waals surface area contributed by atoms with Crippen LogP contribution in [0.1, 0.15) is 42.6 Å². The van der Waals surface area contributed by atoms with Gasteiger partial charge in [-0.1, -0.05) is 31.1 Å². The number of aryl methyl sites for hydroxylation is 1. The number of benzene rings is 1. The number of rotatable bonds is 7. The third kappa shape index (κ3) is 5.59. The van der Waals surface area contributed by atoms with Crippen molar-refractivity contribution in [2.24, 2.45) is 0 Å². The van der Waals surface area contributed by atoms with Gasteiger partial charge in [-0.3, -0.25) is 14.6 Å². The Balaban J connectivity index is 1.38. The number of amides is 1. The van der Waals surface area contributed by atoms with Crippen LogP contribution in [0, 0.1) is 12.7 Å². The van der Waals surface area contributed by atoms with E-state index in [0.29, 0.717) is 31.1 Å².